The van der Waals surface area contributed by atoms with E-state index in [1.54, 1.807) is 6.07 Å². The molecule has 0 bridgehead atoms. The summed E-state index contributed by atoms with van der Waals surface area (Å²) in [6, 6.07) is 8.01. The maximum Gasteiger partial charge on any atom is 0.435 e. The summed E-state index contributed by atoms with van der Waals surface area (Å²) in [7, 11) is 0. The molecule has 0 aliphatic heterocycles. The Bertz CT molecular complexity index is 1280. The van der Waals surface area contributed by atoms with Crippen molar-refractivity contribution in [1.82, 2.24) is 9.78 Å². The third kappa shape index (κ3) is 5.08. The number of benzene rings is 2. The Hall–Kier alpha value is -4.01. The zero-order chi connectivity index (χ0) is 24.6. The van der Waals surface area contributed by atoms with Gasteiger partial charge >= 0.3 is 12.4 Å². The summed E-state index contributed by atoms with van der Waals surface area (Å²) in [4.78, 5) is 12.4. The van der Waals surface area contributed by atoms with Crippen molar-refractivity contribution in [2.75, 3.05) is 0 Å². The maximum absolute atomic E-state index is 13.3. The van der Waals surface area contributed by atoms with Crippen molar-refractivity contribution < 1.29 is 39.9 Å². The molecule has 1 aromatic heterocycles. The van der Waals surface area contributed by atoms with Crippen LogP contribution in [0.3, 0.4) is 0 Å². The lowest BCUT2D eigenvalue weighted by Gasteiger charge is -2.10. The summed E-state index contributed by atoms with van der Waals surface area (Å²) >= 11 is 0. The van der Waals surface area contributed by atoms with Gasteiger partial charge in [0.2, 0.25) is 5.78 Å². The minimum atomic E-state index is -5.13. The average molecular weight is 471 g/mol. The molecule has 0 saturated heterocycles. The van der Waals surface area contributed by atoms with Crippen LogP contribution in [-0.4, -0.2) is 15.6 Å². The number of allylic oxidation sites excluding steroid dienone is 1. The third-order valence-electron chi connectivity index (χ3n) is 4.29. The van der Waals surface area contributed by atoms with E-state index in [-0.39, 0.29) is 27.6 Å². The van der Waals surface area contributed by atoms with Crippen LogP contribution < -0.4 is 0 Å². The smallest absolute Gasteiger partial charge is 0.288 e. The Morgan fingerprint density at radius 3 is 2.06 bits per heavy atom. The molecule has 1 heterocycles. The Morgan fingerprint density at radius 1 is 0.909 bits per heavy atom. The van der Waals surface area contributed by atoms with Crippen LogP contribution in [0.1, 0.15) is 27.3 Å². The fraction of sp³-hybridized carbons (Fsp3) is 0.0952. The first-order valence-corrected chi connectivity index (χ1v) is 8.77. The van der Waals surface area contributed by atoms with E-state index in [9.17, 15) is 45.2 Å². The lowest BCUT2D eigenvalue weighted by atomic mass is 10.0. The predicted molar refractivity (Wildman–Crippen MR) is 97.8 cm³/mol. The molecule has 0 atom stereocenters. The van der Waals surface area contributed by atoms with E-state index in [0.717, 1.165) is 36.4 Å². The summed E-state index contributed by atoms with van der Waals surface area (Å²) in [5.74, 6) is -3.45. The van der Waals surface area contributed by atoms with Gasteiger partial charge in [-0.05, 0) is 42.0 Å². The predicted octanol–water partition coefficient (Wildman–Crippen LogP) is 5.98. The van der Waals surface area contributed by atoms with Crippen LogP contribution in [0.25, 0.3) is 11.8 Å². The Labute approximate surface area is 180 Å². The number of halogens is 8. The summed E-state index contributed by atoms with van der Waals surface area (Å²) in [6.07, 6.45) is -9.20. The number of nitriles is 1. The van der Waals surface area contributed by atoms with Crippen LogP contribution in [0.15, 0.2) is 54.1 Å². The molecule has 4 nitrogen and oxygen atoms in total. The second-order valence-electron chi connectivity index (χ2n) is 6.54. The second-order valence-corrected chi connectivity index (χ2v) is 6.54. The van der Waals surface area contributed by atoms with Gasteiger partial charge in [-0.3, -0.25) is 4.79 Å². The quantitative estimate of drug-likeness (QED) is 0.204. The minimum absolute atomic E-state index is 0.0773. The van der Waals surface area contributed by atoms with Gasteiger partial charge in [-0.1, -0.05) is 12.1 Å². The molecule has 0 aliphatic carbocycles. The van der Waals surface area contributed by atoms with Crippen molar-refractivity contribution in [1.29, 1.82) is 5.26 Å². The van der Waals surface area contributed by atoms with Gasteiger partial charge in [-0.15, -0.1) is 0 Å². The number of carbonyl (C=O) groups excluding carboxylic acids is 1. The lowest BCUT2D eigenvalue weighted by molar-refractivity contribution is -0.143. The van der Waals surface area contributed by atoms with Gasteiger partial charge in [0, 0.05) is 11.6 Å². The molecule has 0 amide bonds. The third-order valence-corrected chi connectivity index (χ3v) is 4.29. The highest BCUT2D eigenvalue weighted by atomic mass is 19.4. The van der Waals surface area contributed by atoms with E-state index in [1.165, 1.54) is 0 Å². The Kier molecular flexibility index (Phi) is 6.09. The number of alkyl halides is 6. The normalized spacial score (nSPS) is 12.5. The van der Waals surface area contributed by atoms with E-state index >= 15 is 0 Å². The van der Waals surface area contributed by atoms with E-state index in [0.29, 0.717) is 12.1 Å². The Balaban J connectivity index is 1.96. The fourth-order valence-electron chi connectivity index (χ4n) is 2.74. The van der Waals surface area contributed by atoms with E-state index < -0.39 is 46.7 Å². The van der Waals surface area contributed by atoms with Crippen molar-refractivity contribution in [2.24, 2.45) is 0 Å². The molecule has 2 aromatic carbocycles. The van der Waals surface area contributed by atoms with Gasteiger partial charge in [0.15, 0.2) is 17.3 Å². The fourth-order valence-corrected chi connectivity index (χ4v) is 2.74. The van der Waals surface area contributed by atoms with Crippen molar-refractivity contribution in [3.8, 4) is 11.8 Å². The van der Waals surface area contributed by atoms with Gasteiger partial charge in [-0.25, -0.2) is 13.5 Å². The van der Waals surface area contributed by atoms with E-state index in [4.69, 9.17) is 0 Å². The standard InChI is InChI=1S/C21H9F8N3O/c22-15-6-3-12(8-16(15)23)19(33)13(10-30)7-11-1-4-14(5-2-11)32-18(21(27,28)29)9-17(31-32)20(24,25)26/h1-9H. The Morgan fingerprint density at radius 2 is 1.55 bits per heavy atom. The number of rotatable bonds is 4. The molecule has 3 rings (SSSR count). The molecule has 3 aromatic rings. The number of hydrogen-bond acceptors (Lipinski definition) is 3. The molecule has 0 fully saturated rings. The number of aromatic nitrogens is 2. The lowest BCUT2D eigenvalue weighted by Crippen LogP contribution is -2.13. The molecule has 0 aliphatic rings. The first kappa shape index (κ1) is 23.6. The van der Waals surface area contributed by atoms with Gasteiger partial charge in [0.1, 0.15) is 17.3 Å². The van der Waals surface area contributed by atoms with Crippen LogP contribution in [0, 0.1) is 23.0 Å². The van der Waals surface area contributed by atoms with Gasteiger partial charge in [0.05, 0.1) is 5.69 Å². The van der Waals surface area contributed by atoms with Crippen LogP contribution in [0.2, 0.25) is 0 Å². The number of ketones is 1. The molecular weight excluding hydrogens is 462 g/mol. The molecule has 0 spiro atoms. The zero-order valence-corrected chi connectivity index (χ0v) is 16.0. The van der Waals surface area contributed by atoms with Crippen LogP contribution in [0.5, 0.6) is 0 Å². The molecule has 170 valence electrons. The highest BCUT2D eigenvalue weighted by molar-refractivity contribution is 6.14. The topological polar surface area (TPSA) is 58.7 Å². The molecule has 33 heavy (non-hydrogen) atoms. The van der Waals surface area contributed by atoms with Crippen molar-refractivity contribution >= 4 is 11.9 Å². The monoisotopic (exact) mass is 471 g/mol. The molecule has 0 N–H and O–H groups in total. The first-order valence-electron chi connectivity index (χ1n) is 8.77. The van der Waals surface area contributed by atoms with E-state index in [2.05, 4.69) is 5.10 Å². The van der Waals surface area contributed by atoms with Crippen LogP contribution in [-0.2, 0) is 12.4 Å². The minimum Gasteiger partial charge on any atom is -0.288 e. The highest BCUT2D eigenvalue weighted by Crippen LogP contribution is 2.36. The average Bonchev–Trinajstić information content (AvgIpc) is 3.21. The zero-order valence-electron chi connectivity index (χ0n) is 16.0. The summed E-state index contributed by atoms with van der Waals surface area (Å²) < 4.78 is 104. The number of Topliss-reactive ketones (excluding diaryl/α,β-unsaturated/α-hetero) is 1. The second kappa shape index (κ2) is 8.50. The summed E-state index contributed by atoms with van der Waals surface area (Å²) in [5.41, 5.74) is -4.43. The maximum atomic E-state index is 13.3. The van der Waals surface area contributed by atoms with Crippen molar-refractivity contribution in [3.63, 3.8) is 0 Å². The molecule has 0 unspecified atom stereocenters. The van der Waals surface area contributed by atoms with Gasteiger partial charge < -0.3 is 0 Å². The molecule has 12 heteroatoms. The van der Waals surface area contributed by atoms with Crippen LogP contribution >= 0.6 is 0 Å². The number of hydrogen-bond donors (Lipinski definition) is 0. The van der Waals surface area contributed by atoms with E-state index in [1.807, 2.05) is 0 Å². The summed E-state index contributed by atoms with van der Waals surface area (Å²) in [5, 5.41) is 12.2. The van der Waals surface area contributed by atoms with Gasteiger partial charge in [-0.2, -0.15) is 36.7 Å². The van der Waals surface area contributed by atoms with Crippen molar-refractivity contribution in [2.45, 2.75) is 12.4 Å². The molecule has 0 radical (unpaired) electrons. The highest BCUT2D eigenvalue weighted by Gasteiger charge is 2.42. The summed E-state index contributed by atoms with van der Waals surface area (Å²) in [6.45, 7) is 0. The molecule has 0 saturated carbocycles. The SMILES string of the molecule is N#CC(=Cc1ccc(-n2nc(C(F)(F)F)cc2C(F)(F)F)cc1)C(=O)c1ccc(F)c(F)c1. The first-order chi connectivity index (χ1) is 15.3. The largest absolute Gasteiger partial charge is 0.435 e. The number of nitrogens with zero attached hydrogens (tertiary/aromatic N) is 3. The number of carbonyl (C=O) groups is 1. The van der Waals surface area contributed by atoms with Gasteiger partial charge in [0.25, 0.3) is 0 Å². The van der Waals surface area contributed by atoms with Crippen LogP contribution in [0.4, 0.5) is 35.1 Å². The molecular formula is C21H9F8N3O. The van der Waals surface area contributed by atoms with Crippen molar-refractivity contribution in [3.05, 3.63) is 88.3 Å².